The summed E-state index contributed by atoms with van der Waals surface area (Å²) in [6.07, 6.45) is 2.67. The van der Waals surface area contributed by atoms with Crippen LogP contribution in [0.1, 0.15) is 37.6 Å². The standard InChI is InChI=1S/C20H24F2N6OS/c1-4-10-30-20-26-17(25-12(2)3)13-11-24-28(18(13)27-20)9-8-23-19(29)16-14(21)6-5-7-15(16)22/h5-7,11-12H,4,8-10H2,1-3H3,(H,23,29)(H,25,26,27). The van der Waals surface area contributed by atoms with E-state index in [9.17, 15) is 13.6 Å². The lowest BCUT2D eigenvalue weighted by Crippen LogP contribution is -2.29. The van der Waals surface area contributed by atoms with Crippen molar-refractivity contribution in [2.24, 2.45) is 0 Å². The summed E-state index contributed by atoms with van der Waals surface area (Å²) < 4.78 is 29.2. The largest absolute Gasteiger partial charge is 0.367 e. The molecule has 0 aliphatic carbocycles. The van der Waals surface area contributed by atoms with E-state index in [0.717, 1.165) is 29.7 Å². The maximum atomic E-state index is 13.8. The first kappa shape index (κ1) is 21.9. The third-order valence-corrected chi connectivity index (χ3v) is 5.19. The van der Waals surface area contributed by atoms with Gasteiger partial charge in [0.15, 0.2) is 10.8 Å². The number of amides is 1. The van der Waals surface area contributed by atoms with Gasteiger partial charge in [0, 0.05) is 18.3 Å². The fourth-order valence-electron chi connectivity index (χ4n) is 2.82. The van der Waals surface area contributed by atoms with Crippen LogP contribution in [0.2, 0.25) is 0 Å². The van der Waals surface area contributed by atoms with Crippen molar-refractivity contribution in [3.63, 3.8) is 0 Å². The van der Waals surface area contributed by atoms with Crippen molar-refractivity contribution >= 4 is 34.5 Å². The monoisotopic (exact) mass is 434 g/mol. The second-order valence-electron chi connectivity index (χ2n) is 6.96. The summed E-state index contributed by atoms with van der Waals surface area (Å²) in [4.78, 5) is 21.4. The van der Waals surface area contributed by atoms with E-state index in [-0.39, 0.29) is 12.6 Å². The molecule has 0 radical (unpaired) electrons. The molecular formula is C20H24F2N6OS. The first-order valence-electron chi connectivity index (χ1n) is 9.75. The number of aromatic nitrogens is 4. The topological polar surface area (TPSA) is 84.7 Å². The minimum Gasteiger partial charge on any atom is -0.367 e. The molecule has 160 valence electrons. The highest BCUT2D eigenvalue weighted by Gasteiger charge is 2.17. The summed E-state index contributed by atoms with van der Waals surface area (Å²) in [6.45, 7) is 6.56. The molecule has 0 unspecified atom stereocenters. The van der Waals surface area contributed by atoms with Crippen molar-refractivity contribution in [3.05, 3.63) is 41.6 Å². The summed E-state index contributed by atoms with van der Waals surface area (Å²) in [7, 11) is 0. The highest BCUT2D eigenvalue weighted by atomic mass is 32.2. The van der Waals surface area contributed by atoms with Crippen molar-refractivity contribution in [3.8, 4) is 0 Å². The zero-order chi connectivity index (χ0) is 21.7. The lowest BCUT2D eigenvalue weighted by Gasteiger charge is -2.12. The zero-order valence-electron chi connectivity index (χ0n) is 17.1. The van der Waals surface area contributed by atoms with Crippen LogP contribution in [0.15, 0.2) is 29.6 Å². The number of carbonyl (C=O) groups excluding carboxylic acids is 1. The van der Waals surface area contributed by atoms with Gasteiger partial charge in [0.25, 0.3) is 5.91 Å². The van der Waals surface area contributed by atoms with Crippen molar-refractivity contribution in [1.29, 1.82) is 0 Å². The van der Waals surface area contributed by atoms with Gasteiger partial charge in [0.1, 0.15) is 23.0 Å². The number of fused-ring (bicyclic) bond motifs is 1. The predicted octanol–water partition coefficient (Wildman–Crippen LogP) is 3.86. The molecule has 2 N–H and O–H groups in total. The summed E-state index contributed by atoms with van der Waals surface area (Å²) >= 11 is 1.56. The van der Waals surface area contributed by atoms with Crippen LogP contribution in [0.3, 0.4) is 0 Å². The molecule has 1 aromatic carbocycles. The molecule has 30 heavy (non-hydrogen) atoms. The Morgan fingerprint density at radius 2 is 1.97 bits per heavy atom. The van der Waals surface area contributed by atoms with E-state index in [0.29, 0.717) is 23.2 Å². The van der Waals surface area contributed by atoms with Gasteiger partial charge >= 0.3 is 0 Å². The molecule has 10 heteroatoms. The van der Waals surface area contributed by atoms with Crippen molar-refractivity contribution in [1.82, 2.24) is 25.1 Å². The molecule has 0 spiro atoms. The average Bonchev–Trinajstić information content (AvgIpc) is 3.09. The molecule has 0 aliphatic rings. The lowest BCUT2D eigenvalue weighted by molar-refractivity contribution is 0.0943. The van der Waals surface area contributed by atoms with Crippen molar-refractivity contribution in [2.45, 2.75) is 44.9 Å². The third kappa shape index (κ3) is 5.05. The molecule has 0 aliphatic heterocycles. The lowest BCUT2D eigenvalue weighted by atomic mass is 10.2. The number of nitrogens with one attached hydrogen (secondary N) is 2. The quantitative estimate of drug-likeness (QED) is 0.393. The zero-order valence-corrected chi connectivity index (χ0v) is 17.9. The van der Waals surface area contributed by atoms with E-state index in [1.807, 2.05) is 13.8 Å². The van der Waals surface area contributed by atoms with Crippen LogP contribution in [0.4, 0.5) is 14.6 Å². The second-order valence-corrected chi connectivity index (χ2v) is 8.02. The number of hydrogen-bond donors (Lipinski definition) is 2. The third-order valence-electron chi connectivity index (χ3n) is 4.14. The van der Waals surface area contributed by atoms with Crippen LogP contribution in [-0.4, -0.2) is 44.0 Å². The van der Waals surface area contributed by atoms with E-state index < -0.39 is 23.1 Å². The number of anilines is 1. The van der Waals surface area contributed by atoms with Gasteiger partial charge in [-0.1, -0.05) is 24.8 Å². The normalized spacial score (nSPS) is 11.3. The predicted molar refractivity (Wildman–Crippen MR) is 114 cm³/mol. The maximum absolute atomic E-state index is 13.8. The van der Waals surface area contributed by atoms with Crippen LogP contribution in [0.5, 0.6) is 0 Å². The van der Waals surface area contributed by atoms with Crippen LogP contribution in [0.25, 0.3) is 11.0 Å². The summed E-state index contributed by atoms with van der Waals surface area (Å²) in [6, 6.07) is 3.50. The van der Waals surface area contributed by atoms with Gasteiger partial charge in [-0.25, -0.2) is 23.4 Å². The van der Waals surface area contributed by atoms with E-state index in [1.165, 1.54) is 6.07 Å². The van der Waals surface area contributed by atoms with Crippen LogP contribution >= 0.6 is 11.8 Å². The number of carbonyl (C=O) groups is 1. The molecule has 7 nitrogen and oxygen atoms in total. The molecule has 0 saturated heterocycles. The van der Waals surface area contributed by atoms with E-state index in [1.54, 1.807) is 22.6 Å². The van der Waals surface area contributed by atoms with Crippen molar-refractivity contribution < 1.29 is 13.6 Å². The number of hydrogen-bond acceptors (Lipinski definition) is 6. The number of halogens is 2. The fraction of sp³-hybridized carbons (Fsp3) is 0.400. The molecule has 2 aromatic heterocycles. The minimum atomic E-state index is -0.897. The smallest absolute Gasteiger partial charge is 0.257 e. The Morgan fingerprint density at radius 1 is 1.23 bits per heavy atom. The molecule has 0 saturated carbocycles. The number of benzene rings is 1. The Morgan fingerprint density at radius 3 is 2.63 bits per heavy atom. The van der Waals surface area contributed by atoms with E-state index >= 15 is 0 Å². The van der Waals surface area contributed by atoms with Gasteiger partial charge < -0.3 is 10.6 Å². The fourth-order valence-corrected chi connectivity index (χ4v) is 3.51. The molecule has 0 bridgehead atoms. The van der Waals surface area contributed by atoms with Crippen molar-refractivity contribution in [2.75, 3.05) is 17.6 Å². The summed E-state index contributed by atoms with van der Waals surface area (Å²) in [5.74, 6) is -1.00. The Kier molecular flexibility index (Phi) is 7.20. The Hall–Kier alpha value is -2.75. The van der Waals surface area contributed by atoms with Crippen LogP contribution < -0.4 is 10.6 Å². The Balaban J connectivity index is 1.78. The average molecular weight is 435 g/mol. The minimum absolute atomic E-state index is 0.137. The SMILES string of the molecule is CCCSc1nc(NC(C)C)c2cnn(CCNC(=O)c3c(F)cccc3F)c2n1. The highest BCUT2D eigenvalue weighted by molar-refractivity contribution is 7.99. The van der Waals surface area contributed by atoms with Gasteiger partial charge in [0.2, 0.25) is 0 Å². The molecule has 0 atom stereocenters. The highest BCUT2D eigenvalue weighted by Crippen LogP contribution is 2.25. The summed E-state index contributed by atoms with van der Waals surface area (Å²) in [5, 5.41) is 11.6. The number of rotatable bonds is 9. The van der Waals surface area contributed by atoms with Gasteiger partial charge in [-0.3, -0.25) is 4.79 Å². The van der Waals surface area contributed by atoms with Gasteiger partial charge in [-0.2, -0.15) is 5.10 Å². The Labute approximate surface area is 177 Å². The molecule has 3 aromatic rings. The first-order valence-corrected chi connectivity index (χ1v) is 10.7. The molecule has 1 amide bonds. The number of thioether (sulfide) groups is 1. The molecule has 3 rings (SSSR count). The van der Waals surface area contributed by atoms with Gasteiger partial charge in [-0.05, 0) is 32.4 Å². The Bertz CT molecular complexity index is 1020. The van der Waals surface area contributed by atoms with E-state index in [2.05, 4.69) is 32.6 Å². The van der Waals surface area contributed by atoms with E-state index in [4.69, 9.17) is 0 Å². The maximum Gasteiger partial charge on any atom is 0.257 e. The van der Waals surface area contributed by atoms with Gasteiger partial charge in [-0.15, -0.1) is 0 Å². The number of nitrogens with zero attached hydrogens (tertiary/aromatic N) is 4. The first-order chi connectivity index (χ1) is 14.4. The molecular weight excluding hydrogens is 410 g/mol. The second kappa shape index (κ2) is 9.84. The summed E-state index contributed by atoms with van der Waals surface area (Å²) in [5.41, 5.74) is 0.0462. The van der Waals surface area contributed by atoms with Gasteiger partial charge in [0.05, 0.1) is 18.1 Å². The molecule has 2 heterocycles. The van der Waals surface area contributed by atoms with Crippen LogP contribution in [0, 0.1) is 11.6 Å². The van der Waals surface area contributed by atoms with Crippen LogP contribution in [-0.2, 0) is 6.54 Å². The molecule has 0 fully saturated rings.